The van der Waals surface area contributed by atoms with E-state index in [9.17, 15) is 5.11 Å². The molecule has 1 aromatic rings. The van der Waals surface area contributed by atoms with Gasteiger partial charge in [0.1, 0.15) is 0 Å². The smallest absolute Gasteiger partial charge is 0.0911 e. The summed E-state index contributed by atoms with van der Waals surface area (Å²) >= 11 is 1.89. The molecule has 1 aromatic carbocycles. The van der Waals surface area contributed by atoms with Crippen LogP contribution in [0.4, 0.5) is 0 Å². The third-order valence-electron chi connectivity index (χ3n) is 2.89. The van der Waals surface area contributed by atoms with Crippen LogP contribution in [0.1, 0.15) is 42.7 Å². The fraction of sp³-hybridized carbons (Fsp3) is 0.500. The Bertz CT molecular complexity index is 324. The van der Waals surface area contributed by atoms with Crippen molar-refractivity contribution in [1.82, 2.24) is 0 Å². The number of fused-ring (bicyclic) bond motifs is 1. The summed E-state index contributed by atoms with van der Waals surface area (Å²) < 4.78 is 0. The summed E-state index contributed by atoms with van der Waals surface area (Å²) in [6.45, 7) is 4.36. The molecule has 0 aromatic heterocycles. The Morgan fingerprint density at radius 2 is 1.93 bits per heavy atom. The number of hydrogen-bond acceptors (Lipinski definition) is 2. The average Bonchev–Trinajstić information content (AvgIpc) is 2.23. The molecule has 0 saturated carbocycles. The van der Waals surface area contributed by atoms with E-state index in [1.54, 1.807) is 0 Å². The minimum absolute atomic E-state index is 0.280. The van der Waals surface area contributed by atoms with Gasteiger partial charge in [-0.25, -0.2) is 0 Å². The lowest BCUT2D eigenvalue weighted by Crippen LogP contribution is -2.21. The van der Waals surface area contributed by atoms with E-state index >= 15 is 0 Å². The minimum Gasteiger partial charge on any atom is -0.387 e. The van der Waals surface area contributed by atoms with Crippen molar-refractivity contribution < 1.29 is 5.11 Å². The van der Waals surface area contributed by atoms with Gasteiger partial charge in [0, 0.05) is 10.5 Å². The van der Waals surface area contributed by atoms with E-state index in [1.165, 1.54) is 5.56 Å². The van der Waals surface area contributed by atoms with Crippen LogP contribution in [0.15, 0.2) is 24.3 Å². The first-order chi connectivity index (χ1) is 6.74. The monoisotopic (exact) mass is 208 g/mol. The minimum atomic E-state index is -0.280. The molecule has 2 rings (SSSR count). The van der Waals surface area contributed by atoms with Crippen molar-refractivity contribution in [3.63, 3.8) is 0 Å². The number of hydrogen-bond donors (Lipinski definition) is 1. The molecule has 0 spiro atoms. The maximum atomic E-state index is 10.1. The molecular formula is C12H16OS. The number of rotatable bonds is 1. The van der Waals surface area contributed by atoms with E-state index in [2.05, 4.69) is 32.0 Å². The molecule has 1 aliphatic rings. The highest BCUT2D eigenvalue weighted by molar-refractivity contribution is 8.00. The number of thioether (sulfide) groups is 1. The number of benzene rings is 1. The van der Waals surface area contributed by atoms with Crippen molar-refractivity contribution >= 4 is 11.8 Å². The molecule has 1 N–H and O–H groups in total. The summed E-state index contributed by atoms with van der Waals surface area (Å²) in [5, 5.41) is 11.0. The van der Waals surface area contributed by atoms with Crippen molar-refractivity contribution in [2.75, 3.05) is 0 Å². The highest BCUT2D eigenvalue weighted by atomic mass is 32.2. The van der Waals surface area contributed by atoms with Crippen LogP contribution in [0.5, 0.6) is 0 Å². The fourth-order valence-electron chi connectivity index (χ4n) is 2.08. The van der Waals surface area contributed by atoms with E-state index in [0.717, 1.165) is 12.0 Å². The molecule has 3 unspecified atom stereocenters. The topological polar surface area (TPSA) is 20.2 Å². The molecule has 0 radical (unpaired) electrons. The van der Waals surface area contributed by atoms with Gasteiger partial charge in [0.05, 0.1) is 6.10 Å². The summed E-state index contributed by atoms with van der Waals surface area (Å²) in [7, 11) is 0. The summed E-state index contributed by atoms with van der Waals surface area (Å²) in [5.41, 5.74) is 2.43. The first-order valence-electron chi connectivity index (χ1n) is 5.16. The zero-order valence-electron chi connectivity index (χ0n) is 8.60. The van der Waals surface area contributed by atoms with Crippen molar-refractivity contribution in [2.24, 2.45) is 0 Å². The van der Waals surface area contributed by atoms with Gasteiger partial charge in [0.15, 0.2) is 0 Å². The van der Waals surface area contributed by atoms with Gasteiger partial charge in [0.25, 0.3) is 0 Å². The SMILES string of the molecule is CCC1SC(C)c2ccccc2C1O. The zero-order valence-corrected chi connectivity index (χ0v) is 9.42. The molecule has 1 heterocycles. The lowest BCUT2D eigenvalue weighted by atomic mass is 9.96. The maximum Gasteiger partial charge on any atom is 0.0911 e. The molecule has 3 atom stereocenters. The van der Waals surface area contributed by atoms with Gasteiger partial charge in [-0.2, -0.15) is 0 Å². The van der Waals surface area contributed by atoms with Crippen LogP contribution in [0.2, 0.25) is 0 Å². The highest BCUT2D eigenvalue weighted by Gasteiger charge is 2.30. The van der Waals surface area contributed by atoms with Crippen LogP contribution < -0.4 is 0 Å². The first-order valence-corrected chi connectivity index (χ1v) is 6.10. The molecule has 0 bridgehead atoms. The average molecular weight is 208 g/mol. The van der Waals surface area contributed by atoms with Crippen LogP contribution >= 0.6 is 11.8 Å². The molecule has 76 valence electrons. The zero-order chi connectivity index (χ0) is 10.1. The largest absolute Gasteiger partial charge is 0.387 e. The van der Waals surface area contributed by atoms with Crippen LogP contribution in [0, 0.1) is 0 Å². The molecule has 2 heteroatoms. The molecule has 0 fully saturated rings. The first kappa shape index (κ1) is 10.1. The van der Waals surface area contributed by atoms with Gasteiger partial charge in [0.2, 0.25) is 0 Å². The van der Waals surface area contributed by atoms with Gasteiger partial charge in [-0.1, -0.05) is 31.2 Å². The number of aliphatic hydroxyl groups is 1. The van der Waals surface area contributed by atoms with E-state index in [0.29, 0.717) is 10.5 Å². The standard InChI is InChI=1S/C12H16OS/c1-3-11-12(13)10-7-5-4-6-9(10)8(2)14-11/h4-8,11-13H,3H2,1-2H3. The van der Waals surface area contributed by atoms with Crippen molar-refractivity contribution in [2.45, 2.75) is 36.9 Å². The summed E-state index contributed by atoms with van der Waals surface area (Å²) in [4.78, 5) is 0. The summed E-state index contributed by atoms with van der Waals surface area (Å²) in [5.74, 6) is 0. The highest BCUT2D eigenvalue weighted by Crippen LogP contribution is 2.46. The fourth-order valence-corrected chi connectivity index (χ4v) is 3.45. The third kappa shape index (κ3) is 1.57. The molecule has 1 nitrogen and oxygen atoms in total. The summed E-state index contributed by atoms with van der Waals surface area (Å²) in [6, 6.07) is 8.24. The Labute approximate surface area is 89.5 Å². The lowest BCUT2D eigenvalue weighted by molar-refractivity contribution is 0.169. The van der Waals surface area contributed by atoms with Crippen LogP contribution in [-0.2, 0) is 0 Å². The van der Waals surface area contributed by atoms with Crippen LogP contribution in [-0.4, -0.2) is 10.4 Å². The van der Waals surface area contributed by atoms with Crippen LogP contribution in [0.25, 0.3) is 0 Å². The Hall–Kier alpha value is -0.470. The molecule has 0 saturated heterocycles. The van der Waals surface area contributed by atoms with Crippen molar-refractivity contribution in [1.29, 1.82) is 0 Å². The third-order valence-corrected chi connectivity index (χ3v) is 4.49. The number of aliphatic hydroxyl groups excluding tert-OH is 1. The van der Waals surface area contributed by atoms with Crippen LogP contribution in [0.3, 0.4) is 0 Å². The quantitative estimate of drug-likeness (QED) is 0.764. The van der Waals surface area contributed by atoms with Gasteiger partial charge in [-0.3, -0.25) is 0 Å². The Kier molecular flexibility index (Phi) is 2.84. The molecule has 0 amide bonds. The lowest BCUT2D eigenvalue weighted by Gasteiger charge is -2.33. The Morgan fingerprint density at radius 3 is 2.57 bits per heavy atom. The van der Waals surface area contributed by atoms with E-state index in [-0.39, 0.29) is 6.10 Å². The second kappa shape index (κ2) is 3.95. The van der Waals surface area contributed by atoms with Gasteiger partial charge >= 0.3 is 0 Å². The predicted octanol–water partition coefficient (Wildman–Crippen LogP) is 3.31. The van der Waals surface area contributed by atoms with Gasteiger partial charge in [-0.05, 0) is 24.5 Å². The van der Waals surface area contributed by atoms with Gasteiger partial charge in [-0.15, -0.1) is 11.8 Å². The van der Waals surface area contributed by atoms with Gasteiger partial charge < -0.3 is 5.11 Å². The molecular weight excluding hydrogens is 192 g/mol. The second-order valence-corrected chi connectivity index (χ2v) is 5.38. The van der Waals surface area contributed by atoms with Crippen molar-refractivity contribution in [3.8, 4) is 0 Å². The molecule has 0 aliphatic carbocycles. The van der Waals surface area contributed by atoms with E-state index in [4.69, 9.17) is 0 Å². The van der Waals surface area contributed by atoms with E-state index in [1.807, 2.05) is 17.8 Å². The summed E-state index contributed by atoms with van der Waals surface area (Å²) in [6.07, 6.45) is 0.752. The Balaban J connectivity index is 2.41. The predicted molar refractivity (Wildman–Crippen MR) is 61.5 cm³/mol. The maximum absolute atomic E-state index is 10.1. The Morgan fingerprint density at radius 1 is 1.29 bits per heavy atom. The second-order valence-electron chi connectivity index (χ2n) is 3.80. The molecule has 14 heavy (non-hydrogen) atoms. The van der Waals surface area contributed by atoms with E-state index < -0.39 is 0 Å². The normalized spacial score (nSPS) is 31.2. The van der Waals surface area contributed by atoms with Crippen molar-refractivity contribution in [3.05, 3.63) is 35.4 Å². The molecule has 1 aliphatic heterocycles.